The van der Waals surface area contributed by atoms with E-state index in [-0.39, 0.29) is 6.04 Å². The first-order valence-electron chi connectivity index (χ1n) is 7.39. The Kier molecular flexibility index (Phi) is 5.12. The van der Waals surface area contributed by atoms with Gasteiger partial charge in [-0.3, -0.25) is 0 Å². The topological polar surface area (TPSA) is 83.4 Å². The Morgan fingerprint density at radius 3 is 2.65 bits per heavy atom. The van der Waals surface area contributed by atoms with Gasteiger partial charge in [-0.1, -0.05) is 19.0 Å². The summed E-state index contributed by atoms with van der Waals surface area (Å²) >= 11 is 0. The molecule has 1 aromatic rings. The summed E-state index contributed by atoms with van der Waals surface area (Å²) in [6.45, 7) is 8.14. The van der Waals surface area contributed by atoms with E-state index < -0.39 is 5.60 Å². The van der Waals surface area contributed by atoms with Gasteiger partial charge in [-0.2, -0.15) is 4.98 Å². The third-order valence-corrected chi connectivity index (χ3v) is 3.61. The first kappa shape index (κ1) is 15.4. The molecule has 0 bridgehead atoms. The van der Waals surface area contributed by atoms with Crippen molar-refractivity contribution in [3.05, 3.63) is 11.7 Å². The standard InChI is InChI=1S/C14H25N3O3/c1-4-19-14(5-7-18-8-6-14)13-16-12(20-17-13)11(15)9-10(2)3/h10-11H,4-9,15H2,1-3H3/t11-/m0/s1. The number of aromatic nitrogens is 2. The van der Waals surface area contributed by atoms with Crippen molar-refractivity contribution in [2.45, 2.75) is 51.7 Å². The molecule has 0 aromatic carbocycles. The normalized spacial score (nSPS) is 20.2. The summed E-state index contributed by atoms with van der Waals surface area (Å²) in [5.74, 6) is 1.60. The average molecular weight is 283 g/mol. The molecule has 2 heterocycles. The molecule has 2 N–H and O–H groups in total. The Morgan fingerprint density at radius 1 is 1.35 bits per heavy atom. The van der Waals surface area contributed by atoms with Crippen molar-refractivity contribution in [1.29, 1.82) is 0 Å². The van der Waals surface area contributed by atoms with Crippen molar-refractivity contribution < 1.29 is 14.0 Å². The van der Waals surface area contributed by atoms with Gasteiger partial charge in [0.2, 0.25) is 11.7 Å². The Hall–Kier alpha value is -0.980. The highest BCUT2D eigenvalue weighted by molar-refractivity contribution is 5.04. The fraction of sp³-hybridized carbons (Fsp3) is 0.857. The Morgan fingerprint density at radius 2 is 2.05 bits per heavy atom. The van der Waals surface area contributed by atoms with E-state index in [1.807, 2.05) is 6.92 Å². The van der Waals surface area contributed by atoms with Crippen LogP contribution in [0, 0.1) is 5.92 Å². The van der Waals surface area contributed by atoms with Crippen LogP contribution < -0.4 is 5.73 Å². The van der Waals surface area contributed by atoms with Crippen LogP contribution in [0.3, 0.4) is 0 Å². The minimum atomic E-state index is -0.480. The third kappa shape index (κ3) is 3.37. The molecule has 1 aliphatic rings. The summed E-state index contributed by atoms with van der Waals surface area (Å²) in [7, 11) is 0. The van der Waals surface area contributed by atoms with Crippen molar-refractivity contribution in [3.8, 4) is 0 Å². The van der Waals surface area contributed by atoms with E-state index >= 15 is 0 Å². The molecule has 1 saturated heterocycles. The average Bonchev–Trinajstić information content (AvgIpc) is 2.89. The van der Waals surface area contributed by atoms with Gasteiger partial charge in [-0.15, -0.1) is 0 Å². The molecule has 114 valence electrons. The van der Waals surface area contributed by atoms with Gasteiger partial charge in [0.15, 0.2) is 0 Å². The van der Waals surface area contributed by atoms with Crippen LogP contribution in [0.4, 0.5) is 0 Å². The lowest BCUT2D eigenvalue weighted by atomic mass is 9.93. The molecule has 2 rings (SSSR count). The molecular formula is C14H25N3O3. The number of rotatable bonds is 6. The van der Waals surface area contributed by atoms with E-state index in [0.717, 1.165) is 19.3 Å². The minimum Gasteiger partial charge on any atom is -0.381 e. The first-order valence-corrected chi connectivity index (χ1v) is 7.39. The minimum absolute atomic E-state index is 0.213. The van der Waals surface area contributed by atoms with E-state index in [4.69, 9.17) is 19.7 Å². The van der Waals surface area contributed by atoms with E-state index in [2.05, 4.69) is 24.0 Å². The molecule has 0 saturated carbocycles. The number of nitrogens with two attached hydrogens (primary N) is 1. The van der Waals surface area contributed by atoms with E-state index in [1.54, 1.807) is 0 Å². The van der Waals surface area contributed by atoms with Crippen LogP contribution in [-0.4, -0.2) is 30.0 Å². The summed E-state index contributed by atoms with van der Waals surface area (Å²) in [4.78, 5) is 4.49. The van der Waals surface area contributed by atoms with E-state index in [9.17, 15) is 0 Å². The Bertz CT molecular complexity index is 408. The molecule has 0 amide bonds. The summed E-state index contributed by atoms with van der Waals surface area (Å²) < 4.78 is 16.7. The van der Waals surface area contributed by atoms with Gasteiger partial charge >= 0.3 is 0 Å². The number of hydrogen-bond acceptors (Lipinski definition) is 6. The van der Waals surface area contributed by atoms with Crippen LogP contribution in [-0.2, 0) is 15.1 Å². The molecule has 1 fully saturated rings. The Labute approximate surface area is 120 Å². The lowest BCUT2D eigenvalue weighted by Crippen LogP contribution is -2.37. The zero-order valence-electron chi connectivity index (χ0n) is 12.6. The lowest BCUT2D eigenvalue weighted by Gasteiger charge is -2.33. The van der Waals surface area contributed by atoms with E-state index in [0.29, 0.717) is 37.5 Å². The molecule has 6 heteroatoms. The van der Waals surface area contributed by atoms with Crippen molar-refractivity contribution >= 4 is 0 Å². The smallest absolute Gasteiger partial charge is 0.243 e. The second-order valence-corrected chi connectivity index (χ2v) is 5.73. The van der Waals surface area contributed by atoms with Crippen LogP contribution in [0.5, 0.6) is 0 Å². The van der Waals surface area contributed by atoms with Crippen LogP contribution in [0.1, 0.15) is 57.8 Å². The zero-order valence-corrected chi connectivity index (χ0v) is 12.6. The van der Waals surface area contributed by atoms with E-state index in [1.165, 1.54) is 0 Å². The predicted molar refractivity (Wildman–Crippen MR) is 74.0 cm³/mol. The molecule has 6 nitrogen and oxygen atoms in total. The van der Waals surface area contributed by atoms with Gasteiger partial charge in [0.1, 0.15) is 5.60 Å². The maximum atomic E-state index is 6.09. The van der Waals surface area contributed by atoms with Gasteiger partial charge in [0.25, 0.3) is 0 Å². The number of nitrogens with zero attached hydrogens (tertiary/aromatic N) is 2. The number of hydrogen-bond donors (Lipinski definition) is 1. The molecule has 1 atom stereocenters. The monoisotopic (exact) mass is 283 g/mol. The van der Waals surface area contributed by atoms with Crippen LogP contribution in [0.15, 0.2) is 4.52 Å². The summed E-state index contributed by atoms with van der Waals surface area (Å²) in [6.07, 6.45) is 2.32. The maximum absolute atomic E-state index is 6.09. The quantitative estimate of drug-likeness (QED) is 0.861. The SMILES string of the molecule is CCOC1(c2noc([C@@H](N)CC(C)C)n2)CCOCC1. The molecule has 0 radical (unpaired) electrons. The van der Waals surface area contributed by atoms with Gasteiger partial charge in [-0.25, -0.2) is 0 Å². The van der Waals surface area contributed by atoms with Crippen molar-refractivity contribution in [2.24, 2.45) is 11.7 Å². The Balaban J connectivity index is 2.16. The summed E-state index contributed by atoms with van der Waals surface area (Å²) in [5, 5.41) is 4.11. The molecular weight excluding hydrogens is 258 g/mol. The fourth-order valence-electron chi connectivity index (χ4n) is 2.59. The molecule has 1 aliphatic heterocycles. The van der Waals surface area contributed by atoms with Crippen LogP contribution >= 0.6 is 0 Å². The van der Waals surface area contributed by atoms with Gasteiger partial charge < -0.3 is 19.7 Å². The fourth-order valence-corrected chi connectivity index (χ4v) is 2.59. The molecule has 0 aliphatic carbocycles. The van der Waals surface area contributed by atoms with Crippen molar-refractivity contribution in [1.82, 2.24) is 10.1 Å². The van der Waals surface area contributed by atoms with Gasteiger partial charge in [0.05, 0.1) is 6.04 Å². The molecule has 1 aromatic heterocycles. The largest absolute Gasteiger partial charge is 0.381 e. The van der Waals surface area contributed by atoms with Gasteiger partial charge in [-0.05, 0) is 19.3 Å². The maximum Gasteiger partial charge on any atom is 0.243 e. The van der Waals surface area contributed by atoms with Crippen LogP contribution in [0.2, 0.25) is 0 Å². The predicted octanol–water partition coefficient (Wildman–Crippen LogP) is 2.16. The molecule has 0 unspecified atom stereocenters. The van der Waals surface area contributed by atoms with Crippen molar-refractivity contribution in [2.75, 3.05) is 19.8 Å². The summed E-state index contributed by atoms with van der Waals surface area (Å²) in [6, 6.07) is -0.213. The first-order chi connectivity index (χ1) is 9.57. The molecule has 0 spiro atoms. The lowest BCUT2D eigenvalue weighted by molar-refractivity contribution is -0.118. The second kappa shape index (κ2) is 6.65. The zero-order chi connectivity index (χ0) is 14.6. The summed E-state index contributed by atoms with van der Waals surface area (Å²) in [5.41, 5.74) is 5.61. The van der Waals surface area contributed by atoms with Gasteiger partial charge in [0, 0.05) is 32.7 Å². The van der Waals surface area contributed by atoms with Crippen LogP contribution in [0.25, 0.3) is 0 Å². The highest BCUT2D eigenvalue weighted by Crippen LogP contribution is 2.34. The molecule has 20 heavy (non-hydrogen) atoms. The highest BCUT2D eigenvalue weighted by atomic mass is 16.5. The second-order valence-electron chi connectivity index (χ2n) is 5.73. The number of ether oxygens (including phenoxy) is 2. The third-order valence-electron chi connectivity index (χ3n) is 3.61. The highest BCUT2D eigenvalue weighted by Gasteiger charge is 2.40. The van der Waals surface area contributed by atoms with Crippen molar-refractivity contribution in [3.63, 3.8) is 0 Å².